The van der Waals surface area contributed by atoms with Gasteiger partial charge in [0.25, 0.3) is 0 Å². The van der Waals surface area contributed by atoms with Crippen molar-refractivity contribution in [1.29, 1.82) is 0 Å². The minimum absolute atomic E-state index is 0.755. The van der Waals surface area contributed by atoms with E-state index in [1.165, 1.54) is 0 Å². The van der Waals surface area contributed by atoms with Gasteiger partial charge in [-0.1, -0.05) is 90.9 Å². The second-order valence-electron chi connectivity index (χ2n) is 8.94. The molecule has 3 aromatic rings. The second kappa shape index (κ2) is 12.4. The standard InChI is InChI=1S/C31H31N3Si/c1-6-34(7-2)33-32-31-19-13-12-18-30(31)23-22-27-15-9-8-14-26(27)20-21-28-16-10-11-17-29(28)24-25-35(3,4)5/h8-19H,6-7H2,1-5H3. The highest BCUT2D eigenvalue weighted by atomic mass is 28.3. The number of benzene rings is 3. The number of rotatable bonds is 4. The molecule has 0 aromatic heterocycles. The molecule has 0 fully saturated rings. The summed E-state index contributed by atoms with van der Waals surface area (Å²) in [5.41, 5.74) is 8.69. The van der Waals surface area contributed by atoms with Gasteiger partial charge in [-0.2, -0.15) is 0 Å². The molecule has 0 spiro atoms. The average molecular weight is 474 g/mol. The summed E-state index contributed by atoms with van der Waals surface area (Å²) in [6.07, 6.45) is 0. The lowest BCUT2D eigenvalue weighted by Crippen LogP contribution is -2.16. The fourth-order valence-corrected chi connectivity index (χ4v) is 3.56. The van der Waals surface area contributed by atoms with E-state index in [2.05, 4.69) is 79.0 Å². The molecule has 3 nitrogen and oxygen atoms in total. The third-order valence-electron chi connectivity index (χ3n) is 5.00. The maximum atomic E-state index is 4.41. The van der Waals surface area contributed by atoms with Gasteiger partial charge in [-0.3, -0.25) is 5.01 Å². The van der Waals surface area contributed by atoms with Crippen molar-refractivity contribution < 1.29 is 0 Å². The predicted molar refractivity (Wildman–Crippen MR) is 149 cm³/mol. The van der Waals surface area contributed by atoms with Crippen molar-refractivity contribution in [3.8, 4) is 35.1 Å². The van der Waals surface area contributed by atoms with Crippen LogP contribution in [0.25, 0.3) is 0 Å². The summed E-state index contributed by atoms with van der Waals surface area (Å²) in [6, 6.07) is 23.8. The summed E-state index contributed by atoms with van der Waals surface area (Å²) in [6.45, 7) is 12.5. The highest BCUT2D eigenvalue weighted by molar-refractivity contribution is 6.83. The monoisotopic (exact) mass is 473 g/mol. The smallest absolute Gasteiger partial charge is 0.129 e. The zero-order valence-electron chi connectivity index (χ0n) is 21.2. The summed E-state index contributed by atoms with van der Waals surface area (Å²) in [4.78, 5) is 0. The first-order chi connectivity index (χ1) is 16.9. The molecule has 35 heavy (non-hydrogen) atoms. The molecule has 0 saturated heterocycles. The van der Waals surface area contributed by atoms with E-state index in [1.807, 2.05) is 77.8 Å². The third kappa shape index (κ3) is 8.04. The van der Waals surface area contributed by atoms with Crippen LogP contribution in [0.5, 0.6) is 0 Å². The molecule has 0 bridgehead atoms. The van der Waals surface area contributed by atoms with E-state index in [0.717, 1.165) is 46.6 Å². The van der Waals surface area contributed by atoms with Crippen molar-refractivity contribution in [2.24, 2.45) is 10.3 Å². The van der Waals surface area contributed by atoms with Gasteiger partial charge in [0.05, 0.1) is 5.56 Å². The van der Waals surface area contributed by atoms with E-state index in [0.29, 0.717) is 0 Å². The highest BCUT2D eigenvalue weighted by Gasteiger charge is 2.08. The first-order valence-electron chi connectivity index (χ1n) is 11.9. The Morgan fingerprint density at radius 2 is 1.00 bits per heavy atom. The van der Waals surface area contributed by atoms with Crippen molar-refractivity contribution in [3.05, 3.63) is 101 Å². The van der Waals surface area contributed by atoms with E-state index in [1.54, 1.807) is 0 Å². The first kappa shape index (κ1) is 25.6. The number of nitrogens with zero attached hydrogens (tertiary/aromatic N) is 3. The average Bonchev–Trinajstić information content (AvgIpc) is 2.86. The van der Waals surface area contributed by atoms with Crippen LogP contribution >= 0.6 is 0 Å². The van der Waals surface area contributed by atoms with Gasteiger partial charge in [-0.05, 0) is 50.2 Å². The molecule has 3 aromatic carbocycles. The summed E-state index contributed by atoms with van der Waals surface area (Å²) in [7, 11) is -1.47. The Hall–Kier alpha value is -4.04. The van der Waals surface area contributed by atoms with Crippen LogP contribution in [0.15, 0.2) is 83.1 Å². The summed E-state index contributed by atoms with van der Waals surface area (Å²) in [5.74, 6) is 16.5. The molecule has 0 atom stereocenters. The van der Waals surface area contributed by atoms with E-state index >= 15 is 0 Å². The minimum atomic E-state index is -1.47. The van der Waals surface area contributed by atoms with Gasteiger partial charge in [0.15, 0.2) is 0 Å². The van der Waals surface area contributed by atoms with E-state index < -0.39 is 8.07 Å². The maximum absolute atomic E-state index is 4.41. The summed E-state index contributed by atoms with van der Waals surface area (Å²) in [5, 5.41) is 10.6. The molecule has 4 heteroatoms. The van der Waals surface area contributed by atoms with Crippen LogP contribution in [-0.2, 0) is 0 Å². The van der Waals surface area contributed by atoms with Crippen LogP contribution in [0.4, 0.5) is 5.69 Å². The Balaban J connectivity index is 1.93. The topological polar surface area (TPSA) is 28.0 Å². The van der Waals surface area contributed by atoms with Crippen molar-refractivity contribution in [2.75, 3.05) is 13.1 Å². The van der Waals surface area contributed by atoms with Gasteiger partial charge in [0.1, 0.15) is 13.8 Å². The molecule has 174 valence electrons. The molecular formula is C31H31N3Si. The van der Waals surface area contributed by atoms with E-state index in [4.69, 9.17) is 0 Å². The molecule has 0 radical (unpaired) electrons. The van der Waals surface area contributed by atoms with Crippen LogP contribution in [-0.4, -0.2) is 26.2 Å². The van der Waals surface area contributed by atoms with Crippen LogP contribution < -0.4 is 0 Å². The van der Waals surface area contributed by atoms with Gasteiger partial charge in [-0.25, -0.2) is 0 Å². The van der Waals surface area contributed by atoms with E-state index in [-0.39, 0.29) is 0 Å². The lowest BCUT2D eigenvalue weighted by molar-refractivity contribution is 0.300. The fraction of sp³-hybridized carbons (Fsp3) is 0.226. The van der Waals surface area contributed by atoms with E-state index in [9.17, 15) is 0 Å². The van der Waals surface area contributed by atoms with Gasteiger partial charge in [-0.15, -0.1) is 10.7 Å². The Bertz CT molecular complexity index is 1380. The summed E-state index contributed by atoms with van der Waals surface area (Å²) >= 11 is 0. The van der Waals surface area contributed by atoms with Gasteiger partial charge < -0.3 is 0 Å². The van der Waals surface area contributed by atoms with Crippen molar-refractivity contribution in [1.82, 2.24) is 5.01 Å². The second-order valence-corrected chi connectivity index (χ2v) is 13.7. The fourth-order valence-electron chi connectivity index (χ4n) is 3.05. The van der Waals surface area contributed by atoms with Crippen LogP contribution in [0, 0.1) is 35.1 Å². The molecule has 0 aliphatic rings. The molecule has 0 aliphatic carbocycles. The first-order valence-corrected chi connectivity index (χ1v) is 15.4. The molecule has 0 heterocycles. The Labute approximate surface area is 211 Å². The lowest BCUT2D eigenvalue weighted by Gasteiger charge is -2.11. The van der Waals surface area contributed by atoms with Gasteiger partial charge >= 0.3 is 0 Å². The Kier molecular flexibility index (Phi) is 9.08. The molecular weight excluding hydrogens is 442 g/mol. The molecule has 0 N–H and O–H groups in total. The van der Waals surface area contributed by atoms with Crippen LogP contribution in [0.3, 0.4) is 0 Å². The maximum Gasteiger partial charge on any atom is 0.129 e. The van der Waals surface area contributed by atoms with Crippen molar-refractivity contribution >= 4 is 13.8 Å². The van der Waals surface area contributed by atoms with Gasteiger partial charge in [0, 0.05) is 35.3 Å². The highest BCUT2D eigenvalue weighted by Crippen LogP contribution is 2.19. The molecule has 3 rings (SSSR count). The molecule has 0 unspecified atom stereocenters. The third-order valence-corrected chi connectivity index (χ3v) is 5.88. The summed E-state index contributed by atoms with van der Waals surface area (Å²) < 4.78 is 0. The van der Waals surface area contributed by atoms with Crippen molar-refractivity contribution in [3.63, 3.8) is 0 Å². The van der Waals surface area contributed by atoms with Crippen LogP contribution in [0.1, 0.15) is 41.7 Å². The lowest BCUT2D eigenvalue weighted by atomic mass is 10.1. The number of hydrogen-bond donors (Lipinski definition) is 0. The zero-order chi connectivity index (χ0) is 25.1. The Morgan fingerprint density at radius 1 is 0.600 bits per heavy atom. The zero-order valence-corrected chi connectivity index (χ0v) is 22.2. The predicted octanol–water partition coefficient (Wildman–Crippen LogP) is 7.06. The largest absolute Gasteiger partial charge is 0.279 e. The molecule has 0 amide bonds. The minimum Gasteiger partial charge on any atom is -0.279 e. The Morgan fingerprint density at radius 3 is 1.46 bits per heavy atom. The normalized spacial score (nSPS) is 10.4. The van der Waals surface area contributed by atoms with Crippen LogP contribution in [0.2, 0.25) is 19.6 Å². The molecule has 0 saturated carbocycles. The van der Waals surface area contributed by atoms with Gasteiger partial charge in [0.2, 0.25) is 0 Å². The number of hydrogen-bond acceptors (Lipinski definition) is 2. The quantitative estimate of drug-likeness (QED) is 0.173. The van der Waals surface area contributed by atoms with Crippen molar-refractivity contribution in [2.45, 2.75) is 33.5 Å². The SMILES string of the molecule is CCN(CC)N=Nc1ccccc1C#Cc1ccccc1C#Cc1ccccc1C#C[Si](C)(C)C. The molecule has 0 aliphatic heterocycles.